The summed E-state index contributed by atoms with van der Waals surface area (Å²) < 4.78 is 42.7. The van der Waals surface area contributed by atoms with Gasteiger partial charge >= 0.3 is 6.18 Å². The number of carbonyl (C=O) groups is 1. The molecule has 0 aromatic heterocycles. The fourth-order valence-corrected chi connectivity index (χ4v) is 2.48. The van der Waals surface area contributed by atoms with Crippen LogP contribution in [0.15, 0.2) is 30.3 Å². The molecule has 1 aliphatic heterocycles. The van der Waals surface area contributed by atoms with Crippen LogP contribution in [0.1, 0.15) is 12.8 Å². The smallest absolute Gasteiger partial charge is 0.414 e. The Bertz CT molecular complexity index is 485. The number of para-hydroxylation sites is 1. The molecule has 122 valence electrons. The molecule has 1 aliphatic rings. The Balaban J connectivity index is 1.78. The van der Waals surface area contributed by atoms with Crippen LogP contribution in [0, 0.1) is 5.92 Å². The van der Waals surface area contributed by atoms with Gasteiger partial charge in [0.05, 0.1) is 0 Å². The first-order valence-corrected chi connectivity index (χ1v) is 7.08. The highest BCUT2D eigenvalue weighted by molar-refractivity contribution is 5.77. The minimum atomic E-state index is -4.60. The number of alkyl halides is 3. The van der Waals surface area contributed by atoms with E-state index in [-0.39, 0.29) is 38.4 Å². The predicted molar refractivity (Wildman–Crippen MR) is 73.3 cm³/mol. The third kappa shape index (κ3) is 4.37. The number of amides is 1. The van der Waals surface area contributed by atoms with Crippen molar-refractivity contribution in [2.75, 3.05) is 19.7 Å². The summed E-state index contributed by atoms with van der Waals surface area (Å²) in [5, 5.41) is 9.23. The van der Waals surface area contributed by atoms with Crippen LogP contribution in [-0.4, -0.2) is 47.9 Å². The van der Waals surface area contributed by atoms with E-state index in [1.165, 1.54) is 4.90 Å². The number of hydrogen-bond acceptors (Lipinski definition) is 3. The number of aliphatic hydroxyl groups excluding tert-OH is 1. The molecule has 0 spiro atoms. The van der Waals surface area contributed by atoms with E-state index in [1.807, 2.05) is 6.07 Å². The minimum absolute atomic E-state index is 0.137. The Morgan fingerprint density at radius 2 is 1.86 bits per heavy atom. The molecule has 1 heterocycles. The van der Waals surface area contributed by atoms with Crippen molar-refractivity contribution in [1.82, 2.24) is 4.90 Å². The zero-order chi connectivity index (χ0) is 16.2. The summed E-state index contributed by atoms with van der Waals surface area (Å²) in [5.41, 5.74) is 0. The van der Waals surface area contributed by atoms with E-state index >= 15 is 0 Å². The minimum Gasteiger partial charge on any atom is -0.484 e. The topological polar surface area (TPSA) is 49.8 Å². The van der Waals surface area contributed by atoms with Crippen molar-refractivity contribution in [2.45, 2.75) is 25.1 Å². The second kappa shape index (κ2) is 7.00. The summed E-state index contributed by atoms with van der Waals surface area (Å²) >= 11 is 0. The van der Waals surface area contributed by atoms with Gasteiger partial charge in [-0.2, -0.15) is 13.2 Å². The first-order valence-electron chi connectivity index (χ1n) is 7.08. The van der Waals surface area contributed by atoms with Crippen molar-refractivity contribution in [2.24, 2.45) is 5.92 Å². The molecule has 4 nitrogen and oxygen atoms in total. The highest BCUT2D eigenvalue weighted by atomic mass is 19.4. The van der Waals surface area contributed by atoms with Crippen LogP contribution in [0.25, 0.3) is 0 Å². The Morgan fingerprint density at radius 3 is 2.41 bits per heavy atom. The molecule has 1 N–H and O–H groups in total. The van der Waals surface area contributed by atoms with E-state index in [4.69, 9.17) is 4.74 Å². The van der Waals surface area contributed by atoms with Gasteiger partial charge in [0.2, 0.25) is 0 Å². The lowest BCUT2D eigenvalue weighted by Gasteiger charge is -2.34. The SMILES string of the molecule is O=C(COc1ccccc1)N1CCC(C(O)C(F)(F)F)CC1. The van der Waals surface area contributed by atoms with E-state index in [9.17, 15) is 23.1 Å². The fourth-order valence-electron chi connectivity index (χ4n) is 2.48. The van der Waals surface area contributed by atoms with Gasteiger partial charge in [-0.15, -0.1) is 0 Å². The Morgan fingerprint density at radius 1 is 1.27 bits per heavy atom. The van der Waals surface area contributed by atoms with Gasteiger partial charge in [-0.05, 0) is 30.9 Å². The maximum Gasteiger partial charge on any atom is 0.414 e. The Kier molecular flexibility index (Phi) is 5.28. The number of aliphatic hydroxyl groups is 1. The van der Waals surface area contributed by atoms with Gasteiger partial charge in [0.25, 0.3) is 5.91 Å². The van der Waals surface area contributed by atoms with Crippen LogP contribution in [0.4, 0.5) is 13.2 Å². The molecule has 0 aliphatic carbocycles. The zero-order valence-corrected chi connectivity index (χ0v) is 11.9. The summed E-state index contributed by atoms with van der Waals surface area (Å²) in [6.07, 6.45) is -6.65. The molecule has 1 unspecified atom stereocenters. The van der Waals surface area contributed by atoms with Crippen molar-refractivity contribution in [3.8, 4) is 5.75 Å². The van der Waals surface area contributed by atoms with E-state index in [0.717, 1.165) is 0 Å². The van der Waals surface area contributed by atoms with Crippen LogP contribution in [-0.2, 0) is 4.79 Å². The molecule has 0 saturated carbocycles. The summed E-state index contributed by atoms with van der Waals surface area (Å²) in [4.78, 5) is 13.4. The van der Waals surface area contributed by atoms with Crippen molar-refractivity contribution in [1.29, 1.82) is 0 Å². The van der Waals surface area contributed by atoms with Crippen molar-refractivity contribution in [3.63, 3.8) is 0 Å². The molecule has 1 saturated heterocycles. The van der Waals surface area contributed by atoms with Gasteiger partial charge < -0.3 is 14.7 Å². The second-order valence-corrected chi connectivity index (χ2v) is 5.31. The number of nitrogens with zero attached hydrogens (tertiary/aromatic N) is 1. The Hall–Kier alpha value is -1.76. The van der Waals surface area contributed by atoms with Crippen LogP contribution in [0.5, 0.6) is 5.75 Å². The maximum atomic E-state index is 12.4. The van der Waals surface area contributed by atoms with Gasteiger partial charge in [0.1, 0.15) is 5.75 Å². The second-order valence-electron chi connectivity index (χ2n) is 5.31. The lowest BCUT2D eigenvalue weighted by atomic mass is 9.91. The fraction of sp³-hybridized carbons (Fsp3) is 0.533. The maximum absolute atomic E-state index is 12.4. The van der Waals surface area contributed by atoms with Crippen LogP contribution < -0.4 is 4.74 Å². The number of rotatable bonds is 4. The van der Waals surface area contributed by atoms with Gasteiger partial charge in [-0.25, -0.2) is 0 Å². The van der Waals surface area contributed by atoms with Crippen molar-refractivity contribution < 1.29 is 27.8 Å². The third-order valence-electron chi connectivity index (χ3n) is 3.78. The summed E-state index contributed by atoms with van der Waals surface area (Å²) in [5.74, 6) is -0.541. The van der Waals surface area contributed by atoms with Gasteiger partial charge in [0.15, 0.2) is 12.7 Å². The summed E-state index contributed by atoms with van der Waals surface area (Å²) in [7, 11) is 0. The molecule has 1 aromatic rings. The molecule has 2 rings (SSSR count). The molecular formula is C15H18F3NO3. The number of halogens is 3. The zero-order valence-electron chi connectivity index (χ0n) is 11.9. The Labute approximate surface area is 126 Å². The van der Waals surface area contributed by atoms with Gasteiger partial charge in [-0.1, -0.05) is 18.2 Å². The third-order valence-corrected chi connectivity index (χ3v) is 3.78. The lowest BCUT2D eigenvalue weighted by molar-refractivity contribution is -0.223. The van der Waals surface area contributed by atoms with Crippen molar-refractivity contribution >= 4 is 5.91 Å². The van der Waals surface area contributed by atoms with Crippen LogP contribution >= 0.6 is 0 Å². The number of ether oxygens (including phenoxy) is 1. The number of likely N-dealkylation sites (tertiary alicyclic amines) is 1. The molecule has 0 radical (unpaired) electrons. The first kappa shape index (κ1) is 16.6. The largest absolute Gasteiger partial charge is 0.484 e. The lowest BCUT2D eigenvalue weighted by Crippen LogP contribution is -2.46. The van der Waals surface area contributed by atoms with Crippen LogP contribution in [0.3, 0.4) is 0 Å². The van der Waals surface area contributed by atoms with E-state index in [2.05, 4.69) is 0 Å². The molecule has 7 heteroatoms. The van der Waals surface area contributed by atoms with Crippen LogP contribution in [0.2, 0.25) is 0 Å². The summed E-state index contributed by atoms with van der Waals surface area (Å²) in [6.45, 7) is 0.264. The number of benzene rings is 1. The molecule has 0 bridgehead atoms. The number of piperidine rings is 1. The van der Waals surface area contributed by atoms with E-state index in [0.29, 0.717) is 5.75 Å². The molecule has 1 amide bonds. The first-order chi connectivity index (χ1) is 10.4. The van der Waals surface area contributed by atoms with Gasteiger partial charge in [0, 0.05) is 13.1 Å². The molecule has 1 aromatic carbocycles. The van der Waals surface area contributed by atoms with Gasteiger partial charge in [-0.3, -0.25) is 4.79 Å². The van der Waals surface area contributed by atoms with Crippen molar-refractivity contribution in [3.05, 3.63) is 30.3 Å². The average molecular weight is 317 g/mol. The quantitative estimate of drug-likeness (QED) is 0.926. The molecular weight excluding hydrogens is 299 g/mol. The molecule has 1 fully saturated rings. The number of hydrogen-bond donors (Lipinski definition) is 1. The molecule has 1 atom stereocenters. The highest BCUT2D eigenvalue weighted by Gasteiger charge is 2.44. The molecule has 22 heavy (non-hydrogen) atoms. The highest BCUT2D eigenvalue weighted by Crippen LogP contribution is 2.31. The monoisotopic (exact) mass is 317 g/mol. The normalized spacial score (nSPS) is 18.1. The predicted octanol–water partition coefficient (Wildman–Crippen LogP) is 2.23. The average Bonchev–Trinajstić information content (AvgIpc) is 2.52. The summed E-state index contributed by atoms with van der Waals surface area (Å²) in [6, 6.07) is 8.83. The number of carbonyl (C=O) groups excluding carboxylic acids is 1. The van der Waals surface area contributed by atoms with E-state index < -0.39 is 18.2 Å². The standard InChI is InChI=1S/C15H18F3NO3/c16-15(17,18)14(21)11-6-8-19(9-7-11)13(20)10-22-12-4-2-1-3-5-12/h1-5,11,14,21H,6-10H2. The van der Waals surface area contributed by atoms with E-state index in [1.54, 1.807) is 24.3 Å².